The number of hydrogen-bond donors (Lipinski definition) is 2. The fourth-order valence-corrected chi connectivity index (χ4v) is 3.96. The van der Waals surface area contributed by atoms with Gasteiger partial charge in [0.15, 0.2) is 10.3 Å². The van der Waals surface area contributed by atoms with Gasteiger partial charge in [-0.05, 0) is 24.6 Å². The van der Waals surface area contributed by atoms with Crippen LogP contribution >= 0.6 is 46.3 Å². The normalized spacial score (nSPS) is 10.8. The number of aromatic nitrogens is 4. The van der Waals surface area contributed by atoms with Gasteiger partial charge in [0.05, 0.1) is 5.75 Å². The first kappa shape index (κ1) is 19.8. The molecule has 2 heterocycles. The molecule has 1 amide bonds. The second-order valence-electron chi connectivity index (χ2n) is 5.43. The molecule has 11 heteroatoms. The lowest BCUT2D eigenvalue weighted by atomic mass is 10.1. The van der Waals surface area contributed by atoms with E-state index in [0.29, 0.717) is 21.6 Å². The lowest BCUT2D eigenvalue weighted by molar-refractivity contribution is -0.113. The Morgan fingerprint density at radius 1 is 1.33 bits per heavy atom. The number of hydrogen-bond acceptors (Lipinski definition) is 7. The Bertz CT molecular complexity index is 1040. The van der Waals surface area contributed by atoms with E-state index in [1.165, 1.54) is 11.3 Å². The van der Waals surface area contributed by atoms with Crippen molar-refractivity contribution in [3.63, 3.8) is 0 Å². The van der Waals surface area contributed by atoms with Crippen LogP contribution in [-0.4, -0.2) is 31.8 Å². The molecule has 2 aromatic heterocycles. The number of halogens is 2. The van der Waals surface area contributed by atoms with Crippen LogP contribution in [0.4, 0.5) is 5.13 Å². The molecule has 0 atom stereocenters. The third kappa shape index (κ3) is 5.52. The molecule has 0 bridgehead atoms. The molecular weight excluding hydrogens is 429 g/mol. The summed E-state index contributed by atoms with van der Waals surface area (Å²) in [5.74, 6) is -0.181. The van der Waals surface area contributed by atoms with Crippen LogP contribution in [-0.2, 0) is 11.2 Å². The fraction of sp³-hybridized carbons (Fsp3) is 0.188. The molecule has 3 aromatic rings. The summed E-state index contributed by atoms with van der Waals surface area (Å²) in [6.45, 7) is 1.56. The number of thioether (sulfide) groups is 1. The summed E-state index contributed by atoms with van der Waals surface area (Å²) in [4.78, 5) is 31.2. The Balaban J connectivity index is 1.55. The van der Waals surface area contributed by atoms with E-state index in [1.54, 1.807) is 25.3 Å². The van der Waals surface area contributed by atoms with Crippen molar-refractivity contribution in [2.24, 2.45) is 0 Å². The average molecular weight is 442 g/mol. The zero-order chi connectivity index (χ0) is 19.4. The number of carbonyl (C=O) groups excluding carboxylic acids is 1. The maximum absolute atomic E-state index is 12.1. The summed E-state index contributed by atoms with van der Waals surface area (Å²) >= 11 is 14.5. The SMILES string of the molecule is Cc1nnc(SCC(=O)Nc2ncc(Cc3ccc(Cl)cc3Cl)s2)[nH]c1=O. The Kier molecular flexibility index (Phi) is 6.48. The predicted octanol–water partition coefficient (Wildman–Crippen LogP) is 3.56. The Hall–Kier alpha value is -1.94. The van der Waals surface area contributed by atoms with Gasteiger partial charge in [-0.2, -0.15) is 0 Å². The first-order chi connectivity index (χ1) is 12.9. The number of H-pyrrole nitrogens is 1. The minimum absolute atomic E-state index is 0.0750. The van der Waals surface area contributed by atoms with Crippen LogP contribution in [0.2, 0.25) is 10.0 Å². The molecule has 0 unspecified atom stereocenters. The van der Waals surface area contributed by atoms with E-state index < -0.39 is 0 Å². The second-order valence-corrected chi connectivity index (χ2v) is 8.35. The second kappa shape index (κ2) is 8.83. The van der Waals surface area contributed by atoms with Gasteiger partial charge in [0.25, 0.3) is 5.56 Å². The van der Waals surface area contributed by atoms with E-state index >= 15 is 0 Å². The van der Waals surface area contributed by atoms with Crippen molar-refractivity contribution in [2.75, 3.05) is 11.1 Å². The van der Waals surface area contributed by atoms with E-state index in [0.717, 1.165) is 22.2 Å². The smallest absolute Gasteiger partial charge is 0.273 e. The number of aryl methyl sites for hydroxylation is 1. The van der Waals surface area contributed by atoms with Crippen LogP contribution in [0.1, 0.15) is 16.1 Å². The summed E-state index contributed by atoms with van der Waals surface area (Å²) < 4.78 is 0. The van der Waals surface area contributed by atoms with Gasteiger partial charge in [-0.15, -0.1) is 21.5 Å². The number of rotatable bonds is 6. The summed E-state index contributed by atoms with van der Waals surface area (Å²) in [5, 5.41) is 12.2. The van der Waals surface area contributed by atoms with Gasteiger partial charge in [0.2, 0.25) is 5.91 Å². The van der Waals surface area contributed by atoms with E-state index in [-0.39, 0.29) is 28.1 Å². The van der Waals surface area contributed by atoms with Crippen molar-refractivity contribution in [3.8, 4) is 0 Å². The van der Waals surface area contributed by atoms with Crippen LogP contribution in [0.5, 0.6) is 0 Å². The van der Waals surface area contributed by atoms with Gasteiger partial charge < -0.3 is 5.32 Å². The van der Waals surface area contributed by atoms with Gasteiger partial charge in [-0.25, -0.2) is 4.98 Å². The molecular formula is C16H13Cl2N5O2S2. The van der Waals surface area contributed by atoms with Crippen LogP contribution in [0.15, 0.2) is 34.3 Å². The quantitative estimate of drug-likeness (QED) is 0.567. The third-order valence-corrected chi connectivity index (χ3v) is 5.72. The van der Waals surface area contributed by atoms with E-state index in [4.69, 9.17) is 23.2 Å². The van der Waals surface area contributed by atoms with Crippen molar-refractivity contribution in [2.45, 2.75) is 18.5 Å². The number of nitrogens with zero attached hydrogens (tertiary/aromatic N) is 3. The number of carbonyl (C=O) groups is 1. The number of benzene rings is 1. The first-order valence-electron chi connectivity index (χ1n) is 7.65. The minimum atomic E-state index is -0.321. The van der Waals surface area contributed by atoms with Crippen molar-refractivity contribution >= 4 is 57.3 Å². The average Bonchev–Trinajstić information content (AvgIpc) is 3.05. The molecule has 0 radical (unpaired) electrons. The summed E-state index contributed by atoms with van der Waals surface area (Å²) in [6, 6.07) is 5.34. The molecule has 0 aliphatic heterocycles. The molecule has 3 rings (SSSR count). The molecule has 0 spiro atoms. The Labute approximate surface area is 172 Å². The van der Waals surface area contributed by atoms with Crippen molar-refractivity contribution < 1.29 is 4.79 Å². The fourth-order valence-electron chi connectivity index (χ4n) is 2.03. The number of anilines is 1. The molecule has 7 nitrogen and oxygen atoms in total. The molecule has 2 N–H and O–H groups in total. The zero-order valence-electron chi connectivity index (χ0n) is 14.0. The standard InChI is InChI=1S/C16H13Cl2N5O2S2/c1-8-14(25)21-16(23-22-8)26-7-13(24)20-15-19-6-11(27-15)4-9-2-3-10(17)5-12(9)18/h2-3,5-6H,4,7H2,1H3,(H,19,20,24)(H,21,23,25). The maximum atomic E-state index is 12.1. The van der Waals surface area contributed by atoms with Crippen LogP contribution in [0.3, 0.4) is 0 Å². The third-order valence-electron chi connectivity index (χ3n) is 3.36. The van der Waals surface area contributed by atoms with Crippen LogP contribution < -0.4 is 10.9 Å². The lowest BCUT2D eigenvalue weighted by Crippen LogP contribution is -2.17. The molecule has 0 saturated heterocycles. The molecule has 27 heavy (non-hydrogen) atoms. The summed E-state index contributed by atoms with van der Waals surface area (Å²) in [6.07, 6.45) is 2.29. The largest absolute Gasteiger partial charge is 0.301 e. The predicted molar refractivity (Wildman–Crippen MR) is 108 cm³/mol. The minimum Gasteiger partial charge on any atom is -0.301 e. The highest BCUT2D eigenvalue weighted by molar-refractivity contribution is 7.99. The van der Waals surface area contributed by atoms with Gasteiger partial charge in [0, 0.05) is 27.5 Å². The maximum Gasteiger partial charge on any atom is 0.273 e. The van der Waals surface area contributed by atoms with E-state index in [1.807, 2.05) is 6.07 Å². The Morgan fingerprint density at radius 2 is 2.15 bits per heavy atom. The zero-order valence-corrected chi connectivity index (χ0v) is 17.1. The van der Waals surface area contributed by atoms with Gasteiger partial charge in [0.1, 0.15) is 5.69 Å². The monoisotopic (exact) mass is 441 g/mol. The molecule has 0 aliphatic rings. The van der Waals surface area contributed by atoms with Crippen molar-refractivity contribution in [3.05, 3.63) is 60.9 Å². The van der Waals surface area contributed by atoms with E-state index in [9.17, 15) is 9.59 Å². The number of nitrogens with one attached hydrogen (secondary N) is 2. The van der Waals surface area contributed by atoms with Crippen molar-refractivity contribution in [1.29, 1.82) is 0 Å². The highest BCUT2D eigenvalue weighted by Gasteiger charge is 2.11. The highest BCUT2D eigenvalue weighted by Crippen LogP contribution is 2.27. The van der Waals surface area contributed by atoms with Crippen LogP contribution in [0, 0.1) is 6.92 Å². The lowest BCUT2D eigenvalue weighted by Gasteiger charge is -2.02. The van der Waals surface area contributed by atoms with Crippen molar-refractivity contribution in [1.82, 2.24) is 20.2 Å². The Morgan fingerprint density at radius 3 is 2.89 bits per heavy atom. The van der Waals surface area contributed by atoms with Gasteiger partial charge in [-0.1, -0.05) is 41.0 Å². The van der Waals surface area contributed by atoms with Crippen LogP contribution in [0.25, 0.3) is 0 Å². The number of aromatic amines is 1. The molecule has 0 saturated carbocycles. The highest BCUT2D eigenvalue weighted by atomic mass is 35.5. The topological polar surface area (TPSA) is 101 Å². The number of thiazole rings is 1. The molecule has 0 aliphatic carbocycles. The molecule has 140 valence electrons. The first-order valence-corrected chi connectivity index (χ1v) is 10.2. The van der Waals surface area contributed by atoms with Gasteiger partial charge >= 0.3 is 0 Å². The summed E-state index contributed by atoms with van der Waals surface area (Å²) in [7, 11) is 0. The number of amides is 1. The van der Waals surface area contributed by atoms with E-state index in [2.05, 4.69) is 25.5 Å². The summed E-state index contributed by atoms with van der Waals surface area (Å²) in [5.41, 5.74) is 0.887. The molecule has 0 fully saturated rings. The van der Waals surface area contributed by atoms with Gasteiger partial charge in [-0.3, -0.25) is 14.6 Å². The molecule has 1 aromatic carbocycles.